The van der Waals surface area contributed by atoms with Gasteiger partial charge in [-0.15, -0.1) is 0 Å². The molecule has 1 aromatic carbocycles. The van der Waals surface area contributed by atoms with E-state index in [1.807, 2.05) is 4.90 Å². The molecule has 172 valence electrons. The van der Waals surface area contributed by atoms with E-state index in [0.29, 0.717) is 44.4 Å². The number of carbonyl (C=O) groups is 1. The Bertz CT molecular complexity index is 1140. The molecular formula is C23H28FN3O5. The summed E-state index contributed by atoms with van der Waals surface area (Å²) in [6, 6.07) is 1.20. The summed E-state index contributed by atoms with van der Waals surface area (Å²) in [5.74, 6) is -1.69. The van der Waals surface area contributed by atoms with Gasteiger partial charge in [-0.2, -0.15) is 0 Å². The van der Waals surface area contributed by atoms with Crippen LogP contribution in [-0.2, 0) is 0 Å². The molecule has 0 bridgehead atoms. The molecule has 0 spiro atoms. The Morgan fingerprint density at radius 2 is 2.00 bits per heavy atom. The summed E-state index contributed by atoms with van der Waals surface area (Å²) in [7, 11) is 1.44. The number of rotatable bonds is 7. The minimum atomic E-state index is -1.33. The molecule has 2 aliphatic rings. The highest BCUT2D eigenvalue weighted by atomic mass is 19.1. The first-order valence-corrected chi connectivity index (χ1v) is 10.9. The summed E-state index contributed by atoms with van der Waals surface area (Å²) in [5.41, 5.74) is 7.70. The Morgan fingerprint density at radius 1 is 1.31 bits per heavy atom. The van der Waals surface area contributed by atoms with Gasteiger partial charge in [-0.3, -0.25) is 4.79 Å². The number of aromatic nitrogens is 1. The number of halogens is 1. The van der Waals surface area contributed by atoms with Gasteiger partial charge < -0.3 is 30.2 Å². The smallest absolute Gasteiger partial charge is 0.341 e. The molecule has 0 amide bonds. The molecule has 2 fully saturated rings. The third-order valence-electron chi connectivity index (χ3n) is 6.42. The van der Waals surface area contributed by atoms with E-state index >= 15 is 4.39 Å². The minimum Gasteiger partial charge on any atom is -0.492 e. The SMILES string of the molecule is COc1c(N2CCC(=C(CN)CCO)CC2)c(F)cc2c(=O)c(C(=O)O)cn(C3CC3)c12. The Morgan fingerprint density at radius 3 is 2.53 bits per heavy atom. The Kier molecular flexibility index (Phi) is 6.21. The van der Waals surface area contributed by atoms with Crippen LogP contribution in [0.4, 0.5) is 10.1 Å². The summed E-state index contributed by atoms with van der Waals surface area (Å²) >= 11 is 0. The lowest BCUT2D eigenvalue weighted by molar-refractivity contribution is 0.0694. The first-order chi connectivity index (χ1) is 15.4. The molecule has 1 aliphatic heterocycles. The molecule has 4 N–H and O–H groups in total. The van der Waals surface area contributed by atoms with Gasteiger partial charge in [0.05, 0.1) is 18.0 Å². The molecule has 8 nitrogen and oxygen atoms in total. The fraction of sp³-hybridized carbons (Fsp3) is 0.478. The molecule has 2 aromatic rings. The number of fused-ring (bicyclic) bond motifs is 1. The van der Waals surface area contributed by atoms with Gasteiger partial charge in [0.2, 0.25) is 5.43 Å². The van der Waals surface area contributed by atoms with Crippen molar-refractivity contribution in [2.75, 3.05) is 38.3 Å². The van der Waals surface area contributed by atoms with E-state index in [1.165, 1.54) is 18.9 Å². The molecule has 9 heteroatoms. The van der Waals surface area contributed by atoms with Crippen LogP contribution in [0.1, 0.15) is 48.5 Å². The number of aliphatic hydroxyl groups excluding tert-OH is 1. The Labute approximate surface area is 184 Å². The summed E-state index contributed by atoms with van der Waals surface area (Å²) < 4.78 is 22.8. The lowest BCUT2D eigenvalue weighted by Crippen LogP contribution is -2.33. The van der Waals surface area contributed by atoms with Crippen LogP contribution >= 0.6 is 0 Å². The van der Waals surface area contributed by atoms with Crippen molar-refractivity contribution >= 4 is 22.6 Å². The Hall–Kier alpha value is -2.91. The molecule has 1 aliphatic carbocycles. The normalized spacial score (nSPS) is 16.5. The number of benzene rings is 1. The van der Waals surface area contributed by atoms with Crippen molar-refractivity contribution in [3.05, 3.63) is 45.0 Å². The number of methoxy groups -OCH3 is 1. The predicted molar refractivity (Wildman–Crippen MR) is 119 cm³/mol. The van der Waals surface area contributed by atoms with Crippen LogP contribution in [0.25, 0.3) is 10.9 Å². The third kappa shape index (κ3) is 3.86. The first kappa shape index (κ1) is 22.3. The zero-order chi connectivity index (χ0) is 23.0. The number of carboxylic acids is 1. The van der Waals surface area contributed by atoms with Crippen LogP contribution in [-0.4, -0.2) is 54.1 Å². The molecule has 32 heavy (non-hydrogen) atoms. The van der Waals surface area contributed by atoms with Crippen molar-refractivity contribution in [2.24, 2.45) is 5.73 Å². The number of aromatic carboxylic acids is 1. The lowest BCUT2D eigenvalue weighted by atomic mass is 9.95. The Balaban J connectivity index is 1.83. The van der Waals surface area contributed by atoms with E-state index in [-0.39, 0.29) is 35.0 Å². The largest absolute Gasteiger partial charge is 0.492 e. The number of hydrogen-bond acceptors (Lipinski definition) is 6. The van der Waals surface area contributed by atoms with Crippen LogP contribution in [0.2, 0.25) is 0 Å². The summed E-state index contributed by atoms with van der Waals surface area (Å²) in [6.45, 7) is 1.53. The lowest BCUT2D eigenvalue weighted by Gasteiger charge is -2.33. The van der Waals surface area contributed by atoms with Gasteiger partial charge in [-0.05, 0) is 38.2 Å². The molecule has 4 rings (SSSR count). The van der Waals surface area contributed by atoms with Crippen molar-refractivity contribution in [2.45, 2.75) is 38.1 Å². The van der Waals surface area contributed by atoms with E-state index in [1.54, 1.807) is 4.57 Å². The number of carboxylic acid groups (broad SMARTS) is 1. The van der Waals surface area contributed by atoms with Crippen molar-refractivity contribution in [1.82, 2.24) is 4.57 Å². The molecular weight excluding hydrogens is 417 g/mol. The standard InChI is InChI=1S/C23H28FN3O5/c1-32-22-19-16(21(29)17(23(30)31)12-27(19)15-2-3-15)10-18(24)20(22)26-7-4-13(5-8-26)14(11-25)6-9-28/h10,12,15,28H,2-9,11,25H2,1H3,(H,30,31). The van der Waals surface area contributed by atoms with Crippen LogP contribution in [0.3, 0.4) is 0 Å². The van der Waals surface area contributed by atoms with Gasteiger partial charge in [-0.1, -0.05) is 11.1 Å². The van der Waals surface area contributed by atoms with Gasteiger partial charge in [0.1, 0.15) is 11.3 Å². The number of ether oxygens (including phenoxy) is 1. The van der Waals surface area contributed by atoms with E-state index in [2.05, 4.69) is 0 Å². The molecule has 1 saturated carbocycles. The van der Waals surface area contributed by atoms with Gasteiger partial charge in [0, 0.05) is 38.5 Å². The third-order valence-corrected chi connectivity index (χ3v) is 6.42. The number of aliphatic hydroxyl groups is 1. The molecule has 0 radical (unpaired) electrons. The fourth-order valence-corrected chi connectivity index (χ4v) is 4.64. The van der Waals surface area contributed by atoms with Crippen molar-refractivity contribution in [3.8, 4) is 5.75 Å². The molecule has 1 saturated heterocycles. The van der Waals surface area contributed by atoms with Gasteiger partial charge in [0.15, 0.2) is 11.6 Å². The zero-order valence-corrected chi connectivity index (χ0v) is 18.1. The van der Waals surface area contributed by atoms with E-state index in [4.69, 9.17) is 10.5 Å². The maximum absolute atomic E-state index is 15.4. The summed E-state index contributed by atoms with van der Waals surface area (Å²) in [4.78, 5) is 26.3. The van der Waals surface area contributed by atoms with Crippen LogP contribution in [0, 0.1) is 5.82 Å². The van der Waals surface area contributed by atoms with Crippen LogP contribution in [0.5, 0.6) is 5.75 Å². The van der Waals surface area contributed by atoms with Crippen molar-refractivity contribution < 1.29 is 24.1 Å². The summed E-state index contributed by atoms with van der Waals surface area (Å²) in [5, 5.41) is 18.7. The first-order valence-electron chi connectivity index (χ1n) is 10.9. The fourth-order valence-electron chi connectivity index (χ4n) is 4.64. The minimum absolute atomic E-state index is 0.0147. The number of piperidine rings is 1. The van der Waals surface area contributed by atoms with Gasteiger partial charge >= 0.3 is 5.97 Å². The number of pyridine rings is 1. The summed E-state index contributed by atoms with van der Waals surface area (Å²) in [6.07, 6.45) is 5.00. The average Bonchev–Trinajstić information content (AvgIpc) is 3.62. The van der Waals surface area contributed by atoms with E-state index < -0.39 is 17.2 Å². The highest BCUT2D eigenvalue weighted by Gasteiger charge is 2.32. The highest BCUT2D eigenvalue weighted by molar-refractivity contribution is 5.97. The monoisotopic (exact) mass is 445 g/mol. The maximum Gasteiger partial charge on any atom is 0.341 e. The molecule has 2 heterocycles. The van der Waals surface area contributed by atoms with E-state index in [9.17, 15) is 19.8 Å². The highest BCUT2D eigenvalue weighted by Crippen LogP contribution is 2.44. The zero-order valence-electron chi connectivity index (χ0n) is 18.1. The van der Waals surface area contributed by atoms with E-state index in [0.717, 1.165) is 24.5 Å². The molecule has 0 atom stereocenters. The quantitative estimate of drug-likeness (QED) is 0.560. The number of nitrogens with zero attached hydrogens (tertiary/aromatic N) is 2. The molecule has 1 aromatic heterocycles. The second-order valence-corrected chi connectivity index (χ2v) is 8.32. The number of hydrogen-bond donors (Lipinski definition) is 3. The number of anilines is 1. The number of nitrogens with two attached hydrogens (primary N) is 1. The van der Waals surface area contributed by atoms with Crippen molar-refractivity contribution in [1.29, 1.82) is 0 Å². The molecule has 0 unspecified atom stereocenters. The van der Waals surface area contributed by atoms with Gasteiger partial charge in [0.25, 0.3) is 0 Å². The predicted octanol–water partition coefficient (Wildman–Crippen LogP) is 2.42. The van der Waals surface area contributed by atoms with Crippen LogP contribution in [0.15, 0.2) is 28.2 Å². The van der Waals surface area contributed by atoms with Gasteiger partial charge in [-0.25, -0.2) is 9.18 Å². The second kappa shape index (κ2) is 8.91. The second-order valence-electron chi connectivity index (χ2n) is 8.32. The van der Waals surface area contributed by atoms with Crippen LogP contribution < -0.4 is 20.8 Å². The average molecular weight is 445 g/mol. The topological polar surface area (TPSA) is 118 Å². The maximum atomic E-state index is 15.4. The van der Waals surface area contributed by atoms with Crippen molar-refractivity contribution in [3.63, 3.8) is 0 Å².